The maximum absolute atomic E-state index is 15.0. The number of halogens is 1. The number of hydrogen-bond acceptors (Lipinski definition) is 4. The van der Waals surface area contributed by atoms with Gasteiger partial charge in [0.2, 0.25) is 5.91 Å². The maximum Gasteiger partial charge on any atom is 0.405 e. The number of benzene rings is 2. The Morgan fingerprint density at radius 2 is 1.86 bits per heavy atom. The van der Waals surface area contributed by atoms with Gasteiger partial charge in [-0.05, 0) is 37.6 Å². The fraction of sp³-hybridized carbons (Fsp3) is 0.333. The summed E-state index contributed by atoms with van der Waals surface area (Å²) >= 11 is 0. The van der Waals surface area contributed by atoms with E-state index in [1.807, 2.05) is 43.4 Å². The Balaban J connectivity index is 1.82. The lowest BCUT2D eigenvalue weighted by molar-refractivity contribution is -0.115. The molecule has 29 heavy (non-hydrogen) atoms. The van der Waals surface area contributed by atoms with Crippen LogP contribution in [0.1, 0.15) is 13.8 Å². The first-order valence-corrected chi connectivity index (χ1v) is 9.39. The summed E-state index contributed by atoms with van der Waals surface area (Å²) in [7, 11) is 0. The number of carboxylic acid groups (broad SMARTS) is 1. The van der Waals surface area contributed by atoms with Crippen LogP contribution in [0.25, 0.3) is 11.1 Å². The minimum Gasteiger partial charge on any atom is -0.465 e. The summed E-state index contributed by atoms with van der Waals surface area (Å²) in [5.41, 5.74) is 2.01. The second-order valence-corrected chi connectivity index (χ2v) is 7.09. The van der Waals surface area contributed by atoms with E-state index in [1.165, 1.54) is 6.07 Å². The Labute approximate surface area is 168 Å². The molecule has 0 spiro atoms. The predicted molar refractivity (Wildman–Crippen MR) is 109 cm³/mol. The Hall–Kier alpha value is -3.13. The van der Waals surface area contributed by atoms with E-state index in [4.69, 9.17) is 9.84 Å². The Kier molecular flexibility index (Phi) is 6.33. The largest absolute Gasteiger partial charge is 0.465 e. The molecule has 1 fully saturated rings. The zero-order valence-corrected chi connectivity index (χ0v) is 16.3. The van der Waals surface area contributed by atoms with E-state index in [0.717, 1.165) is 18.8 Å². The summed E-state index contributed by atoms with van der Waals surface area (Å²) in [5.74, 6) is -1.22. The lowest BCUT2D eigenvalue weighted by atomic mass is 10.0. The minimum atomic E-state index is -1.32. The summed E-state index contributed by atoms with van der Waals surface area (Å²) in [6.45, 7) is 5.10. The van der Waals surface area contributed by atoms with Crippen molar-refractivity contribution in [1.29, 1.82) is 0 Å². The van der Waals surface area contributed by atoms with Crippen LogP contribution in [0.2, 0.25) is 0 Å². The van der Waals surface area contributed by atoms with Gasteiger partial charge in [-0.25, -0.2) is 9.18 Å². The summed E-state index contributed by atoms with van der Waals surface area (Å²) in [4.78, 5) is 24.5. The molecule has 2 atom stereocenters. The number of nitrogens with one attached hydrogen (secondary N) is 2. The third-order valence-corrected chi connectivity index (χ3v) is 4.61. The summed E-state index contributed by atoms with van der Waals surface area (Å²) in [6.07, 6.45) is -1.10. The molecule has 1 saturated heterocycles. The molecule has 3 rings (SSSR count). The van der Waals surface area contributed by atoms with Gasteiger partial charge < -0.3 is 25.4 Å². The van der Waals surface area contributed by atoms with Crippen molar-refractivity contribution < 1.29 is 23.8 Å². The second kappa shape index (κ2) is 8.91. The minimum absolute atomic E-state index is 0.00120. The topological polar surface area (TPSA) is 90.9 Å². The second-order valence-electron chi connectivity index (χ2n) is 7.09. The van der Waals surface area contributed by atoms with Crippen molar-refractivity contribution in [3.8, 4) is 11.1 Å². The number of ether oxygens (including phenoxy) is 1. The molecule has 0 saturated carbocycles. The summed E-state index contributed by atoms with van der Waals surface area (Å²) in [5, 5.41) is 12.9. The van der Waals surface area contributed by atoms with Gasteiger partial charge in [-0.1, -0.05) is 24.3 Å². The molecule has 8 heteroatoms. The average molecular weight is 401 g/mol. The van der Waals surface area contributed by atoms with Crippen LogP contribution < -0.4 is 15.5 Å². The van der Waals surface area contributed by atoms with Crippen molar-refractivity contribution in [3.63, 3.8) is 0 Å². The van der Waals surface area contributed by atoms with Gasteiger partial charge in [0.15, 0.2) is 5.82 Å². The molecule has 3 N–H and O–H groups in total. The van der Waals surface area contributed by atoms with Crippen molar-refractivity contribution in [2.45, 2.75) is 26.1 Å². The molecular weight excluding hydrogens is 377 g/mol. The van der Waals surface area contributed by atoms with E-state index in [0.29, 0.717) is 11.1 Å². The Bertz CT molecular complexity index is 895. The standard InChI is InChI=1S/C21H24FN3O4/c1-13-11-25(12-14(2)29-13)16-6-3-5-15(9-16)17-7-4-8-18(20(17)22)24-19(26)10-23-21(27)28/h3-9,13-14,23H,10-12H2,1-2H3,(H,24,26)(H,27,28). The van der Waals surface area contributed by atoms with Crippen molar-refractivity contribution in [1.82, 2.24) is 5.32 Å². The van der Waals surface area contributed by atoms with Crippen LogP contribution in [0.15, 0.2) is 42.5 Å². The number of nitrogens with zero attached hydrogens (tertiary/aromatic N) is 1. The number of morpholine rings is 1. The van der Waals surface area contributed by atoms with Crippen molar-refractivity contribution in [3.05, 3.63) is 48.3 Å². The highest BCUT2D eigenvalue weighted by Crippen LogP contribution is 2.31. The molecule has 2 unspecified atom stereocenters. The van der Waals surface area contributed by atoms with E-state index in [-0.39, 0.29) is 17.9 Å². The van der Waals surface area contributed by atoms with Gasteiger partial charge >= 0.3 is 6.09 Å². The van der Waals surface area contributed by atoms with Gasteiger partial charge in [-0.3, -0.25) is 4.79 Å². The maximum atomic E-state index is 15.0. The van der Waals surface area contributed by atoms with Gasteiger partial charge in [0.25, 0.3) is 0 Å². The molecule has 1 heterocycles. The molecule has 1 aliphatic rings. The quantitative estimate of drug-likeness (QED) is 0.715. The molecule has 0 aromatic heterocycles. The molecule has 0 bridgehead atoms. The van der Waals surface area contributed by atoms with Crippen LogP contribution in [0.3, 0.4) is 0 Å². The van der Waals surface area contributed by atoms with E-state index < -0.39 is 24.4 Å². The molecule has 0 aliphatic carbocycles. The molecule has 0 radical (unpaired) electrons. The molecule has 2 amide bonds. The highest BCUT2D eigenvalue weighted by Gasteiger charge is 2.23. The molecule has 2 aromatic rings. The van der Waals surface area contributed by atoms with Crippen molar-refractivity contribution in [2.75, 3.05) is 29.9 Å². The van der Waals surface area contributed by atoms with Crippen LogP contribution in [-0.4, -0.2) is 48.9 Å². The molecule has 1 aliphatic heterocycles. The first-order chi connectivity index (χ1) is 13.8. The first-order valence-electron chi connectivity index (χ1n) is 9.39. The zero-order valence-electron chi connectivity index (χ0n) is 16.3. The summed E-state index contributed by atoms with van der Waals surface area (Å²) in [6, 6.07) is 12.3. The van der Waals surface area contributed by atoms with Crippen LogP contribution in [0, 0.1) is 5.82 Å². The normalized spacial score (nSPS) is 18.9. The molecule has 7 nitrogen and oxygen atoms in total. The number of carbonyl (C=O) groups is 2. The van der Waals surface area contributed by atoms with Crippen LogP contribution in [-0.2, 0) is 9.53 Å². The smallest absolute Gasteiger partial charge is 0.405 e. The molecule has 2 aromatic carbocycles. The predicted octanol–water partition coefficient (Wildman–Crippen LogP) is 3.31. The van der Waals surface area contributed by atoms with Gasteiger partial charge in [0, 0.05) is 24.3 Å². The lowest BCUT2D eigenvalue weighted by Crippen LogP contribution is -2.45. The van der Waals surface area contributed by atoms with E-state index in [2.05, 4.69) is 10.2 Å². The van der Waals surface area contributed by atoms with E-state index in [1.54, 1.807) is 12.1 Å². The van der Waals surface area contributed by atoms with Gasteiger partial charge in [0.1, 0.15) is 6.54 Å². The lowest BCUT2D eigenvalue weighted by Gasteiger charge is -2.37. The highest BCUT2D eigenvalue weighted by molar-refractivity contribution is 5.94. The summed E-state index contributed by atoms with van der Waals surface area (Å²) < 4.78 is 20.8. The third-order valence-electron chi connectivity index (χ3n) is 4.61. The number of carbonyl (C=O) groups excluding carboxylic acids is 1. The van der Waals surface area contributed by atoms with E-state index in [9.17, 15) is 9.59 Å². The zero-order chi connectivity index (χ0) is 21.0. The van der Waals surface area contributed by atoms with Crippen LogP contribution >= 0.6 is 0 Å². The monoisotopic (exact) mass is 401 g/mol. The fourth-order valence-electron chi connectivity index (χ4n) is 3.46. The van der Waals surface area contributed by atoms with Crippen LogP contribution in [0.5, 0.6) is 0 Å². The van der Waals surface area contributed by atoms with Gasteiger partial charge in [-0.2, -0.15) is 0 Å². The fourth-order valence-corrected chi connectivity index (χ4v) is 3.46. The Morgan fingerprint density at radius 1 is 1.17 bits per heavy atom. The first kappa shape index (κ1) is 20.6. The Morgan fingerprint density at radius 3 is 2.55 bits per heavy atom. The number of anilines is 2. The number of amides is 2. The van der Waals surface area contributed by atoms with Crippen LogP contribution in [0.4, 0.5) is 20.6 Å². The van der Waals surface area contributed by atoms with Crippen molar-refractivity contribution in [2.24, 2.45) is 0 Å². The van der Waals surface area contributed by atoms with E-state index >= 15 is 4.39 Å². The molecule has 154 valence electrons. The number of rotatable bonds is 5. The van der Waals surface area contributed by atoms with Crippen molar-refractivity contribution >= 4 is 23.4 Å². The van der Waals surface area contributed by atoms with Gasteiger partial charge in [0.05, 0.1) is 17.9 Å². The molecular formula is C21H24FN3O4. The highest BCUT2D eigenvalue weighted by atomic mass is 19.1. The average Bonchev–Trinajstić information content (AvgIpc) is 2.67. The third kappa shape index (κ3) is 5.23. The van der Waals surface area contributed by atoms with Gasteiger partial charge in [-0.15, -0.1) is 0 Å². The number of hydrogen-bond donors (Lipinski definition) is 3. The SMILES string of the molecule is CC1CN(c2cccc(-c3cccc(NC(=O)CNC(=O)O)c3F)c2)CC(C)O1.